The van der Waals surface area contributed by atoms with Gasteiger partial charge in [-0.3, -0.25) is 4.90 Å². The second-order valence-corrected chi connectivity index (χ2v) is 9.87. The van der Waals surface area contributed by atoms with Crippen LogP contribution in [0.1, 0.15) is 5.56 Å². The highest BCUT2D eigenvalue weighted by Crippen LogP contribution is 2.32. The molecule has 3 aromatic rings. The first kappa shape index (κ1) is 24.4. The number of benzene rings is 3. The maximum Gasteiger partial charge on any atom is 0.321 e. The smallest absolute Gasteiger partial charge is 0.321 e. The maximum atomic E-state index is 13.0. The molecule has 2 amide bonds. The number of methoxy groups -OCH3 is 1. The number of anilines is 2. The van der Waals surface area contributed by atoms with E-state index in [1.165, 1.54) is 16.3 Å². The van der Waals surface area contributed by atoms with E-state index in [0.29, 0.717) is 0 Å². The number of fused-ring (bicyclic) bond motifs is 1. The molecule has 0 atom stereocenters. The number of hydrogen-bond donors (Lipinski definition) is 1. The number of amides is 2. The first-order chi connectivity index (χ1) is 17.6. The Labute approximate surface area is 214 Å². The largest absolute Gasteiger partial charge is 0.495 e. The van der Waals surface area contributed by atoms with Gasteiger partial charge in [-0.2, -0.15) is 0 Å². The third kappa shape index (κ3) is 5.74. The minimum absolute atomic E-state index is 0.0290. The molecule has 2 saturated heterocycles. The number of piperazine rings is 2. The summed E-state index contributed by atoms with van der Waals surface area (Å²) in [5, 5.41) is 5.70. The fourth-order valence-electron chi connectivity index (χ4n) is 5.12. The van der Waals surface area contributed by atoms with Crippen LogP contribution < -0.4 is 15.0 Å². The third-order valence-electron chi connectivity index (χ3n) is 7.46. The zero-order valence-corrected chi connectivity index (χ0v) is 21.4. The minimum atomic E-state index is -0.0290. The summed E-state index contributed by atoms with van der Waals surface area (Å²) < 4.78 is 5.61. The van der Waals surface area contributed by atoms with E-state index < -0.39 is 0 Å². The summed E-state index contributed by atoms with van der Waals surface area (Å²) in [5.74, 6) is 0.845. The van der Waals surface area contributed by atoms with E-state index in [9.17, 15) is 4.79 Å². The van der Waals surface area contributed by atoms with Crippen LogP contribution in [0.4, 0.5) is 16.2 Å². The van der Waals surface area contributed by atoms with E-state index in [2.05, 4.69) is 69.5 Å². The van der Waals surface area contributed by atoms with Gasteiger partial charge in [0.15, 0.2) is 0 Å². The molecule has 0 saturated carbocycles. The highest BCUT2D eigenvalue weighted by Gasteiger charge is 2.22. The number of nitrogens with zero attached hydrogens (tertiary/aromatic N) is 4. The lowest BCUT2D eigenvalue weighted by molar-refractivity contribution is 0.148. The van der Waals surface area contributed by atoms with Gasteiger partial charge in [0.1, 0.15) is 5.75 Å². The summed E-state index contributed by atoms with van der Waals surface area (Å²) in [6, 6.07) is 21.1. The molecule has 0 unspecified atom stereocenters. The molecule has 7 heteroatoms. The van der Waals surface area contributed by atoms with E-state index in [0.717, 1.165) is 82.4 Å². The van der Waals surface area contributed by atoms with Crippen molar-refractivity contribution in [3.8, 4) is 5.75 Å². The van der Waals surface area contributed by atoms with Crippen LogP contribution in [-0.2, 0) is 6.42 Å². The summed E-state index contributed by atoms with van der Waals surface area (Å²) in [6.45, 7) is 8.23. The van der Waals surface area contributed by atoms with Gasteiger partial charge in [-0.1, -0.05) is 42.5 Å². The van der Waals surface area contributed by atoms with Crippen molar-refractivity contribution >= 4 is 28.2 Å². The van der Waals surface area contributed by atoms with E-state index in [1.54, 1.807) is 7.11 Å². The predicted molar refractivity (Wildman–Crippen MR) is 147 cm³/mol. The van der Waals surface area contributed by atoms with Crippen molar-refractivity contribution < 1.29 is 9.53 Å². The van der Waals surface area contributed by atoms with Crippen molar-refractivity contribution in [2.45, 2.75) is 6.42 Å². The molecule has 1 N–H and O–H groups in total. The molecule has 190 valence electrons. The van der Waals surface area contributed by atoms with Gasteiger partial charge >= 0.3 is 6.03 Å². The molecule has 0 aliphatic carbocycles. The molecule has 2 aliphatic rings. The molecule has 0 bridgehead atoms. The summed E-state index contributed by atoms with van der Waals surface area (Å²) in [5.41, 5.74) is 3.22. The van der Waals surface area contributed by atoms with Crippen LogP contribution in [-0.4, -0.2) is 93.8 Å². The van der Waals surface area contributed by atoms with Crippen LogP contribution in [0, 0.1) is 0 Å². The Morgan fingerprint density at radius 1 is 0.861 bits per heavy atom. The van der Waals surface area contributed by atoms with Gasteiger partial charge in [-0.25, -0.2) is 4.79 Å². The molecular weight excluding hydrogens is 450 g/mol. The molecule has 3 aromatic carbocycles. The van der Waals surface area contributed by atoms with Crippen molar-refractivity contribution in [3.05, 3.63) is 66.2 Å². The van der Waals surface area contributed by atoms with Crippen LogP contribution in [0.25, 0.3) is 10.8 Å². The maximum absolute atomic E-state index is 13.0. The lowest BCUT2D eigenvalue weighted by Crippen LogP contribution is -2.50. The van der Waals surface area contributed by atoms with Crippen molar-refractivity contribution in [2.75, 3.05) is 83.3 Å². The summed E-state index contributed by atoms with van der Waals surface area (Å²) in [6.07, 6.45) is 1.03. The van der Waals surface area contributed by atoms with Crippen LogP contribution in [0.2, 0.25) is 0 Å². The molecule has 5 rings (SSSR count). The number of likely N-dealkylation sites (N-methyl/N-ethyl adjacent to an activating group) is 1. The number of rotatable bonds is 6. The fourth-order valence-corrected chi connectivity index (χ4v) is 5.12. The van der Waals surface area contributed by atoms with Crippen LogP contribution >= 0.6 is 0 Å². The number of urea groups is 1. The van der Waals surface area contributed by atoms with Gasteiger partial charge < -0.3 is 24.8 Å². The molecule has 2 heterocycles. The zero-order valence-electron chi connectivity index (χ0n) is 21.4. The Balaban J connectivity index is 1.13. The standard InChI is InChI=1S/C29H37N5O2/c1-31-13-17-33(18-14-31)27-22-26(9-10-28(27)36-2)30-29(35)34-19-15-32(16-20-34)12-11-23-7-8-24-5-3-4-6-25(24)21-23/h3-10,21-22H,11-20H2,1-2H3,(H,30,35). The Morgan fingerprint density at radius 2 is 1.61 bits per heavy atom. The highest BCUT2D eigenvalue weighted by atomic mass is 16.5. The Morgan fingerprint density at radius 3 is 2.36 bits per heavy atom. The number of hydrogen-bond acceptors (Lipinski definition) is 5. The molecule has 0 radical (unpaired) electrons. The lowest BCUT2D eigenvalue weighted by Gasteiger charge is -2.35. The van der Waals surface area contributed by atoms with Crippen LogP contribution in [0.5, 0.6) is 5.75 Å². The lowest BCUT2D eigenvalue weighted by atomic mass is 10.0. The third-order valence-corrected chi connectivity index (χ3v) is 7.46. The zero-order chi connectivity index (χ0) is 24.9. The number of carbonyl (C=O) groups is 1. The van der Waals surface area contributed by atoms with Crippen molar-refractivity contribution in [1.29, 1.82) is 0 Å². The average Bonchev–Trinajstić information content (AvgIpc) is 2.92. The molecule has 36 heavy (non-hydrogen) atoms. The molecule has 2 aliphatic heterocycles. The van der Waals surface area contributed by atoms with Gasteiger partial charge in [0, 0.05) is 64.6 Å². The monoisotopic (exact) mass is 487 g/mol. The normalized spacial score (nSPS) is 17.4. The van der Waals surface area contributed by atoms with Gasteiger partial charge in [0.05, 0.1) is 12.8 Å². The van der Waals surface area contributed by atoms with E-state index in [4.69, 9.17) is 4.74 Å². The van der Waals surface area contributed by atoms with Crippen molar-refractivity contribution in [2.24, 2.45) is 0 Å². The summed E-state index contributed by atoms with van der Waals surface area (Å²) in [4.78, 5) is 22.1. The Hall–Kier alpha value is -3.29. The van der Waals surface area contributed by atoms with Gasteiger partial charge in [0.25, 0.3) is 0 Å². The first-order valence-corrected chi connectivity index (χ1v) is 13.0. The molecule has 2 fully saturated rings. The predicted octanol–water partition coefficient (Wildman–Crippen LogP) is 3.99. The Bertz CT molecular complexity index is 1180. The van der Waals surface area contributed by atoms with Gasteiger partial charge in [0.2, 0.25) is 0 Å². The van der Waals surface area contributed by atoms with Gasteiger partial charge in [-0.05, 0) is 48.0 Å². The van der Waals surface area contributed by atoms with E-state index >= 15 is 0 Å². The highest BCUT2D eigenvalue weighted by molar-refractivity contribution is 5.90. The summed E-state index contributed by atoms with van der Waals surface area (Å²) >= 11 is 0. The number of carbonyl (C=O) groups excluding carboxylic acids is 1. The average molecular weight is 488 g/mol. The van der Waals surface area contributed by atoms with E-state index in [-0.39, 0.29) is 6.03 Å². The van der Waals surface area contributed by atoms with E-state index in [1.807, 2.05) is 23.1 Å². The molecule has 0 spiro atoms. The van der Waals surface area contributed by atoms with Crippen LogP contribution in [0.15, 0.2) is 60.7 Å². The summed E-state index contributed by atoms with van der Waals surface area (Å²) in [7, 11) is 3.85. The molecule has 7 nitrogen and oxygen atoms in total. The number of nitrogens with one attached hydrogen (secondary N) is 1. The quantitative estimate of drug-likeness (QED) is 0.570. The fraction of sp³-hybridized carbons (Fsp3) is 0.414. The van der Waals surface area contributed by atoms with Crippen molar-refractivity contribution in [3.63, 3.8) is 0 Å². The topological polar surface area (TPSA) is 51.3 Å². The second kappa shape index (κ2) is 11.2. The molecule has 0 aromatic heterocycles. The van der Waals surface area contributed by atoms with Gasteiger partial charge in [-0.15, -0.1) is 0 Å². The minimum Gasteiger partial charge on any atom is -0.495 e. The Kier molecular flexibility index (Phi) is 7.58. The SMILES string of the molecule is COc1ccc(NC(=O)N2CCN(CCc3ccc4ccccc4c3)CC2)cc1N1CCN(C)CC1. The molecular formula is C29H37N5O2. The second-order valence-electron chi connectivity index (χ2n) is 9.87. The number of ether oxygens (including phenoxy) is 1. The van der Waals surface area contributed by atoms with Crippen LogP contribution in [0.3, 0.4) is 0 Å². The first-order valence-electron chi connectivity index (χ1n) is 13.0. The van der Waals surface area contributed by atoms with Crippen molar-refractivity contribution in [1.82, 2.24) is 14.7 Å².